The van der Waals surface area contributed by atoms with Gasteiger partial charge in [-0.05, 0) is 12.1 Å². The van der Waals surface area contributed by atoms with Gasteiger partial charge in [-0.2, -0.15) is 0 Å². The monoisotopic (exact) mass is 236 g/mol. The maximum Gasteiger partial charge on any atom is 0.330 e. The topological polar surface area (TPSA) is 87.6 Å². The van der Waals surface area contributed by atoms with E-state index in [-0.39, 0.29) is 13.2 Å². The molecule has 5 nitrogen and oxygen atoms in total. The molecule has 1 aromatic carbocycles. The van der Waals surface area contributed by atoms with Crippen LogP contribution in [0.3, 0.4) is 0 Å². The van der Waals surface area contributed by atoms with E-state index in [1.165, 1.54) is 0 Å². The summed E-state index contributed by atoms with van der Waals surface area (Å²) < 4.78 is 10.4. The van der Waals surface area contributed by atoms with Gasteiger partial charge in [-0.25, -0.2) is 4.79 Å². The molecule has 4 N–H and O–H groups in total. The van der Waals surface area contributed by atoms with E-state index in [1.54, 1.807) is 24.3 Å². The van der Waals surface area contributed by atoms with Gasteiger partial charge in [0, 0.05) is 24.4 Å². The van der Waals surface area contributed by atoms with E-state index in [1.807, 2.05) is 0 Å². The molecule has 0 aliphatic carbocycles. The first-order chi connectivity index (χ1) is 8.15. The molecular formula is C12H16N2O3. The van der Waals surface area contributed by atoms with Crippen molar-refractivity contribution in [3.8, 4) is 5.75 Å². The van der Waals surface area contributed by atoms with E-state index < -0.39 is 12.1 Å². The Bertz CT molecular complexity index is 393. The number of carbonyl (C=O) groups is 1. The third kappa shape index (κ3) is 4.56. The zero-order valence-corrected chi connectivity index (χ0v) is 9.46. The lowest BCUT2D eigenvalue weighted by Crippen LogP contribution is -2.31. The van der Waals surface area contributed by atoms with Crippen LogP contribution < -0.4 is 16.2 Å². The van der Waals surface area contributed by atoms with Crippen molar-refractivity contribution in [3.63, 3.8) is 0 Å². The molecule has 0 heterocycles. The average molecular weight is 236 g/mol. The van der Waals surface area contributed by atoms with Gasteiger partial charge in [-0.15, -0.1) is 0 Å². The molecule has 0 amide bonds. The smallest absolute Gasteiger partial charge is 0.330 e. The molecule has 1 atom stereocenters. The first kappa shape index (κ1) is 13.1. The van der Waals surface area contributed by atoms with Crippen LogP contribution in [0.1, 0.15) is 0 Å². The second-order valence-electron chi connectivity index (χ2n) is 3.38. The van der Waals surface area contributed by atoms with Crippen molar-refractivity contribution in [3.05, 3.63) is 36.9 Å². The number of rotatable bonds is 6. The lowest BCUT2D eigenvalue weighted by molar-refractivity contribution is -0.143. The molecule has 92 valence electrons. The van der Waals surface area contributed by atoms with Gasteiger partial charge < -0.3 is 20.9 Å². The summed E-state index contributed by atoms with van der Waals surface area (Å²) in [5.41, 5.74) is 11.7. The van der Waals surface area contributed by atoms with Gasteiger partial charge in [0.25, 0.3) is 0 Å². The van der Waals surface area contributed by atoms with E-state index in [2.05, 4.69) is 6.58 Å². The second kappa shape index (κ2) is 6.55. The summed E-state index contributed by atoms with van der Waals surface area (Å²) in [6.45, 7) is 3.67. The minimum Gasteiger partial charge on any atom is -0.490 e. The molecule has 0 fully saturated rings. The highest BCUT2D eigenvalue weighted by Crippen LogP contribution is 2.14. The van der Waals surface area contributed by atoms with Crippen molar-refractivity contribution in [2.75, 3.05) is 18.9 Å². The summed E-state index contributed by atoms with van der Waals surface area (Å²) in [7, 11) is 0. The first-order valence-corrected chi connectivity index (χ1v) is 5.17. The Morgan fingerprint density at radius 1 is 1.53 bits per heavy atom. The van der Waals surface area contributed by atoms with Gasteiger partial charge in [-0.1, -0.05) is 12.6 Å². The van der Waals surface area contributed by atoms with Crippen LogP contribution in [-0.4, -0.2) is 25.2 Å². The molecule has 0 saturated carbocycles. The summed E-state index contributed by atoms with van der Waals surface area (Å²) in [4.78, 5) is 11.0. The fourth-order valence-corrected chi connectivity index (χ4v) is 1.16. The van der Waals surface area contributed by atoms with Crippen LogP contribution in [0.15, 0.2) is 36.9 Å². The lowest BCUT2D eigenvalue weighted by Gasteiger charge is -2.15. The zero-order valence-electron chi connectivity index (χ0n) is 9.46. The summed E-state index contributed by atoms with van der Waals surface area (Å²) in [5, 5.41) is 0. The second-order valence-corrected chi connectivity index (χ2v) is 3.38. The molecular weight excluding hydrogens is 220 g/mol. The maximum absolute atomic E-state index is 11.0. The predicted octanol–water partition coefficient (Wildman–Crippen LogP) is 0.704. The SMILES string of the molecule is C=CC(=O)OC(CN)COc1cccc(N)c1. The Morgan fingerprint density at radius 2 is 2.29 bits per heavy atom. The Hall–Kier alpha value is -2.01. The Balaban J connectivity index is 2.47. The number of ether oxygens (including phenoxy) is 2. The van der Waals surface area contributed by atoms with Crippen LogP contribution in [0, 0.1) is 0 Å². The molecule has 17 heavy (non-hydrogen) atoms. The van der Waals surface area contributed by atoms with Crippen LogP contribution in [0.4, 0.5) is 5.69 Å². The van der Waals surface area contributed by atoms with E-state index in [9.17, 15) is 4.79 Å². The van der Waals surface area contributed by atoms with Crippen LogP contribution in [0.25, 0.3) is 0 Å². The van der Waals surface area contributed by atoms with Crippen molar-refractivity contribution in [1.82, 2.24) is 0 Å². The lowest BCUT2D eigenvalue weighted by atomic mass is 10.3. The molecule has 0 aliphatic rings. The number of nitrogens with two attached hydrogens (primary N) is 2. The molecule has 0 bridgehead atoms. The number of hydrogen-bond acceptors (Lipinski definition) is 5. The maximum atomic E-state index is 11.0. The zero-order chi connectivity index (χ0) is 12.7. The third-order valence-electron chi connectivity index (χ3n) is 2.01. The Morgan fingerprint density at radius 3 is 2.88 bits per heavy atom. The van der Waals surface area contributed by atoms with Gasteiger partial charge in [-0.3, -0.25) is 0 Å². The predicted molar refractivity (Wildman–Crippen MR) is 65.5 cm³/mol. The Kier molecular flexibility index (Phi) is 5.03. The molecule has 5 heteroatoms. The average Bonchev–Trinajstić information content (AvgIpc) is 2.34. The summed E-state index contributed by atoms with van der Waals surface area (Å²) in [6.07, 6.45) is 0.588. The number of nitrogen functional groups attached to an aromatic ring is 1. The molecule has 1 aromatic rings. The molecule has 0 aromatic heterocycles. The molecule has 0 aliphatic heterocycles. The third-order valence-corrected chi connectivity index (χ3v) is 2.01. The van der Waals surface area contributed by atoms with Gasteiger partial charge in [0.2, 0.25) is 0 Å². The number of anilines is 1. The normalized spacial score (nSPS) is 11.6. The van der Waals surface area contributed by atoms with Crippen molar-refractivity contribution < 1.29 is 14.3 Å². The number of hydrogen-bond donors (Lipinski definition) is 2. The molecule has 0 radical (unpaired) electrons. The number of esters is 1. The summed E-state index contributed by atoms with van der Waals surface area (Å²) in [5.74, 6) is 0.0923. The number of benzene rings is 1. The van der Waals surface area contributed by atoms with Crippen molar-refractivity contribution >= 4 is 11.7 Å². The summed E-state index contributed by atoms with van der Waals surface area (Å²) in [6, 6.07) is 6.98. The summed E-state index contributed by atoms with van der Waals surface area (Å²) >= 11 is 0. The van der Waals surface area contributed by atoms with Crippen molar-refractivity contribution in [1.29, 1.82) is 0 Å². The van der Waals surface area contributed by atoms with Gasteiger partial charge >= 0.3 is 5.97 Å². The highest BCUT2D eigenvalue weighted by molar-refractivity contribution is 5.81. The van der Waals surface area contributed by atoms with Crippen LogP contribution in [-0.2, 0) is 9.53 Å². The van der Waals surface area contributed by atoms with Crippen LogP contribution >= 0.6 is 0 Å². The minimum atomic E-state index is -0.517. The first-order valence-electron chi connectivity index (χ1n) is 5.17. The minimum absolute atomic E-state index is 0.180. The van der Waals surface area contributed by atoms with Crippen molar-refractivity contribution in [2.45, 2.75) is 6.10 Å². The fraction of sp³-hybridized carbons (Fsp3) is 0.250. The van der Waals surface area contributed by atoms with E-state index in [4.69, 9.17) is 20.9 Å². The highest BCUT2D eigenvalue weighted by Gasteiger charge is 2.11. The number of carbonyl (C=O) groups excluding carboxylic acids is 1. The van der Waals surface area contributed by atoms with E-state index >= 15 is 0 Å². The Labute approximate surface area is 100.0 Å². The van der Waals surface area contributed by atoms with Gasteiger partial charge in [0.1, 0.15) is 18.5 Å². The molecule has 1 unspecified atom stereocenters. The standard InChI is InChI=1S/C12H16N2O3/c1-2-12(15)17-11(7-13)8-16-10-5-3-4-9(14)6-10/h2-6,11H,1,7-8,13-14H2. The quantitative estimate of drug-likeness (QED) is 0.431. The fourth-order valence-electron chi connectivity index (χ4n) is 1.16. The van der Waals surface area contributed by atoms with Gasteiger partial charge in [0.15, 0.2) is 0 Å². The van der Waals surface area contributed by atoms with Crippen LogP contribution in [0.5, 0.6) is 5.75 Å². The van der Waals surface area contributed by atoms with Crippen molar-refractivity contribution in [2.24, 2.45) is 5.73 Å². The van der Waals surface area contributed by atoms with E-state index in [0.717, 1.165) is 6.08 Å². The molecule has 1 rings (SSSR count). The highest BCUT2D eigenvalue weighted by atomic mass is 16.6. The molecule has 0 spiro atoms. The van der Waals surface area contributed by atoms with Crippen LogP contribution in [0.2, 0.25) is 0 Å². The van der Waals surface area contributed by atoms with Gasteiger partial charge in [0.05, 0.1) is 0 Å². The molecule has 0 saturated heterocycles. The largest absolute Gasteiger partial charge is 0.490 e. The van der Waals surface area contributed by atoms with E-state index in [0.29, 0.717) is 11.4 Å².